The predicted octanol–water partition coefficient (Wildman–Crippen LogP) is 5.56. The molecule has 0 amide bonds. The van der Waals surface area contributed by atoms with E-state index in [0.717, 1.165) is 17.9 Å². The fourth-order valence-electron chi connectivity index (χ4n) is 6.47. The number of aliphatic hydroxyl groups excluding tert-OH is 1. The molecule has 3 aliphatic carbocycles. The molecular formula is C26H34F6O3. The lowest BCUT2D eigenvalue weighted by Crippen LogP contribution is -2.61. The van der Waals surface area contributed by atoms with Gasteiger partial charge < -0.3 is 15.3 Å². The number of alkyl halides is 6. The number of fused-ring (bicyclic) bond motifs is 2. The Balaban J connectivity index is 1.74. The third-order valence-corrected chi connectivity index (χ3v) is 9.57. The van der Waals surface area contributed by atoms with Crippen molar-refractivity contribution in [3.05, 3.63) is 24.3 Å². The van der Waals surface area contributed by atoms with Crippen LogP contribution in [0.15, 0.2) is 24.3 Å². The van der Waals surface area contributed by atoms with Gasteiger partial charge in [0, 0.05) is 18.8 Å². The topological polar surface area (TPSA) is 60.7 Å². The van der Waals surface area contributed by atoms with E-state index >= 15 is 0 Å². The van der Waals surface area contributed by atoms with Crippen LogP contribution in [0.4, 0.5) is 26.3 Å². The minimum atomic E-state index is -5.96. The molecule has 35 heavy (non-hydrogen) atoms. The molecule has 3 fully saturated rings. The molecule has 0 radical (unpaired) electrons. The average Bonchev–Trinajstić information content (AvgIpc) is 2.94. The van der Waals surface area contributed by atoms with Gasteiger partial charge in [-0.05, 0) is 59.3 Å². The summed E-state index contributed by atoms with van der Waals surface area (Å²) in [5.74, 6) is 2.67. The summed E-state index contributed by atoms with van der Waals surface area (Å²) in [6.45, 7) is 11.7. The predicted molar refractivity (Wildman–Crippen MR) is 119 cm³/mol. The summed E-state index contributed by atoms with van der Waals surface area (Å²) < 4.78 is 77.4. The molecule has 3 nitrogen and oxygen atoms in total. The Morgan fingerprint density at radius 1 is 1.11 bits per heavy atom. The van der Waals surface area contributed by atoms with E-state index in [9.17, 15) is 41.7 Å². The first kappa shape index (κ1) is 28.1. The standard InChI is InChI=1S/C26H34F6O3/c1-15(7-6-11-24(35,25(27,28)29)26(30,31)32)22(5)12-10-17(21(22,3)4)8-9-20-19-13-18(33)14-23(20,34)16(19)2/h8-9,15,17-20,33-35H,2,7,10,12-14H2,1,3-5H3/b9-8+/t15-,17+,18+,19?,20?,22+,23+/m0/s1. The van der Waals surface area contributed by atoms with Crippen molar-refractivity contribution in [1.82, 2.24) is 0 Å². The van der Waals surface area contributed by atoms with E-state index in [1.54, 1.807) is 6.92 Å². The first-order chi connectivity index (χ1) is 15.7. The van der Waals surface area contributed by atoms with Gasteiger partial charge in [0.25, 0.3) is 0 Å². The number of rotatable bonds is 4. The molecule has 0 saturated heterocycles. The summed E-state index contributed by atoms with van der Waals surface area (Å²) in [6, 6.07) is 0. The van der Waals surface area contributed by atoms with Gasteiger partial charge in [-0.1, -0.05) is 52.3 Å². The van der Waals surface area contributed by atoms with Gasteiger partial charge >= 0.3 is 18.0 Å². The lowest BCUT2D eigenvalue weighted by atomic mass is 9.50. The number of allylic oxidation sites excluding steroid dienone is 1. The summed E-state index contributed by atoms with van der Waals surface area (Å²) in [5, 5.41) is 30.1. The highest BCUT2D eigenvalue weighted by molar-refractivity contribution is 5.37. The lowest BCUT2D eigenvalue weighted by molar-refractivity contribution is -0.343. The smallest absolute Gasteiger partial charge is 0.393 e. The second-order valence-electron chi connectivity index (χ2n) is 11.5. The van der Waals surface area contributed by atoms with Gasteiger partial charge in [0.2, 0.25) is 0 Å². The Labute approximate surface area is 202 Å². The highest BCUT2D eigenvalue weighted by Gasteiger charge is 2.70. The molecule has 3 saturated carbocycles. The van der Waals surface area contributed by atoms with E-state index in [4.69, 9.17) is 0 Å². The summed E-state index contributed by atoms with van der Waals surface area (Å²) in [4.78, 5) is 0. The van der Waals surface area contributed by atoms with E-state index in [-0.39, 0.29) is 41.9 Å². The molecule has 0 heterocycles. The fraction of sp³-hybridized carbons (Fsp3) is 0.769. The van der Waals surface area contributed by atoms with Crippen molar-refractivity contribution in [3.8, 4) is 11.8 Å². The molecule has 2 bridgehead atoms. The van der Waals surface area contributed by atoms with Crippen molar-refractivity contribution in [2.24, 2.45) is 34.5 Å². The van der Waals surface area contributed by atoms with Crippen molar-refractivity contribution >= 4 is 0 Å². The minimum absolute atomic E-state index is 0.0195. The minimum Gasteiger partial charge on any atom is -0.393 e. The molecule has 0 aromatic carbocycles. The second-order valence-corrected chi connectivity index (χ2v) is 11.5. The van der Waals surface area contributed by atoms with Crippen molar-refractivity contribution in [3.63, 3.8) is 0 Å². The zero-order valence-corrected chi connectivity index (χ0v) is 20.4. The third-order valence-electron chi connectivity index (χ3n) is 9.57. The van der Waals surface area contributed by atoms with Crippen LogP contribution < -0.4 is 0 Å². The van der Waals surface area contributed by atoms with Crippen molar-refractivity contribution in [2.45, 2.75) is 89.5 Å². The fourth-order valence-corrected chi connectivity index (χ4v) is 6.47. The molecule has 198 valence electrons. The van der Waals surface area contributed by atoms with Crippen LogP contribution in [0.25, 0.3) is 0 Å². The Hall–Kier alpha value is -1.50. The quantitative estimate of drug-likeness (QED) is 0.265. The van der Waals surface area contributed by atoms with Crippen LogP contribution in [0.1, 0.15) is 59.8 Å². The molecule has 0 aromatic heterocycles. The van der Waals surface area contributed by atoms with Crippen LogP contribution in [0, 0.1) is 46.3 Å². The van der Waals surface area contributed by atoms with Gasteiger partial charge in [-0.25, -0.2) is 0 Å². The first-order valence-corrected chi connectivity index (χ1v) is 11.9. The monoisotopic (exact) mass is 508 g/mol. The maximum absolute atomic E-state index is 12.9. The summed E-state index contributed by atoms with van der Waals surface area (Å²) >= 11 is 0. The van der Waals surface area contributed by atoms with Gasteiger partial charge in [-0.2, -0.15) is 26.3 Å². The largest absolute Gasteiger partial charge is 0.438 e. The highest BCUT2D eigenvalue weighted by Crippen LogP contribution is 2.62. The van der Waals surface area contributed by atoms with Gasteiger partial charge in [-0.3, -0.25) is 0 Å². The number of hydrogen-bond acceptors (Lipinski definition) is 3. The van der Waals surface area contributed by atoms with E-state index in [1.807, 2.05) is 32.8 Å². The van der Waals surface area contributed by atoms with Crippen molar-refractivity contribution in [1.29, 1.82) is 0 Å². The van der Waals surface area contributed by atoms with Crippen molar-refractivity contribution < 1.29 is 41.7 Å². The number of aliphatic hydroxyl groups is 3. The molecule has 7 atom stereocenters. The van der Waals surface area contributed by atoms with Gasteiger partial charge in [0.15, 0.2) is 0 Å². The highest BCUT2D eigenvalue weighted by atomic mass is 19.4. The summed E-state index contributed by atoms with van der Waals surface area (Å²) in [7, 11) is 0. The van der Waals surface area contributed by atoms with Crippen LogP contribution in [0.3, 0.4) is 0 Å². The molecule has 3 rings (SSSR count). The Kier molecular flexibility index (Phi) is 6.84. The molecule has 0 aliphatic heterocycles. The van der Waals surface area contributed by atoms with E-state index in [2.05, 4.69) is 12.7 Å². The SMILES string of the molecule is C=C1C2C[C@@H](O)C[C@]1(O)C2/C=C/[C@@H]1CC[C@](C)([C@@H](C)CC#CC(O)(C(F)(F)F)C(F)(F)F)C1(C)C. The van der Waals surface area contributed by atoms with Crippen LogP contribution >= 0.6 is 0 Å². The summed E-state index contributed by atoms with van der Waals surface area (Å²) in [6.07, 6.45) is -6.38. The first-order valence-electron chi connectivity index (χ1n) is 11.9. The lowest BCUT2D eigenvalue weighted by Gasteiger charge is -2.58. The zero-order chi connectivity index (χ0) is 26.8. The Morgan fingerprint density at radius 3 is 2.20 bits per heavy atom. The van der Waals surface area contributed by atoms with E-state index in [0.29, 0.717) is 12.8 Å². The molecular weight excluding hydrogens is 474 g/mol. The molecule has 3 aliphatic rings. The maximum Gasteiger partial charge on any atom is 0.438 e. The zero-order valence-electron chi connectivity index (χ0n) is 20.4. The van der Waals surface area contributed by atoms with Crippen LogP contribution in [0.5, 0.6) is 0 Å². The van der Waals surface area contributed by atoms with E-state index < -0.39 is 35.1 Å². The summed E-state index contributed by atoms with van der Waals surface area (Å²) in [5.41, 5.74) is -6.21. The molecule has 0 spiro atoms. The Bertz CT molecular complexity index is 925. The van der Waals surface area contributed by atoms with Crippen LogP contribution in [-0.2, 0) is 0 Å². The number of halogens is 6. The van der Waals surface area contributed by atoms with Gasteiger partial charge in [-0.15, -0.1) is 0 Å². The van der Waals surface area contributed by atoms with Gasteiger partial charge in [0.1, 0.15) is 0 Å². The number of hydrogen-bond donors (Lipinski definition) is 3. The van der Waals surface area contributed by atoms with E-state index in [1.165, 1.54) is 0 Å². The second kappa shape index (κ2) is 8.53. The van der Waals surface area contributed by atoms with Crippen molar-refractivity contribution in [2.75, 3.05) is 0 Å². The average molecular weight is 509 g/mol. The third kappa shape index (κ3) is 4.23. The normalized spacial score (nSPS) is 38.1. The Morgan fingerprint density at radius 2 is 1.69 bits per heavy atom. The molecule has 3 N–H and O–H groups in total. The molecule has 2 unspecified atom stereocenters. The molecule has 0 aromatic rings. The van der Waals surface area contributed by atoms with Crippen LogP contribution in [-0.4, -0.2) is 45.0 Å². The van der Waals surface area contributed by atoms with Crippen LogP contribution in [0.2, 0.25) is 0 Å². The van der Waals surface area contributed by atoms with Gasteiger partial charge in [0.05, 0.1) is 11.7 Å². The maximum atomic E-state index is 12.9. The molecule has 9 heteroatoms.